The van der Waals surface area contributed by atoms with Crippen LogP contribution in [0.2, 0.25) is 0 Å². The summed E-state index contributed by atoms with van der Waals surface area (Å²) in [5.41, 5.74) is 2.26. The quantitative estimate of drug-likeness (QED) is 0.823. The van der Waals surface area contributed by atoms with Gasteiger partial charge in [-0.3, -0.25) is 0 Å². The molecule has 0 radical (unpaired) electrons. The molecule has 2 N–H and O–H groups in total. The second-order valence-electron chi connectivity index (χ2n) is 4.25. The number of hydrogen-bond acceptors (Lipinski definition) is 1. The van der Waals surface area contributed by atoms with Gasteiger partial charge in [0.05, 0.1) is 0 Å². The molecule has 2 aromatic carbocycles. The van der Waals surface area contributed by atoms with Gasteiger partial charge < -0.3 is 10.6 Å². The fraction of sp³-hybridized carbons (Fsp3) is 0.133. The van der Waals surface area contributed by atoms with Crippen LogP contribution in [-0.4, -0.2) is 5.11 Å². The van der Waals surface area contributed by atoms with E-state index >= 15 is 0 Å². The molecule has 5 heteroatoms. The van der Waals surface area contributed by atoms with Crippen LogP contribution in [0.1, 0.15) is 12.5 Å². The molecule has 0 fully saturated rings. The second-order valence-corrected chi connectivity index (χ2v) is 4.66. The Morgan fingerprint density at radius 3 is 2.35 bits per heavy atom. The lowest BCUT2D eigenvalue weighted by molar-refractivity contribution is 0.584. The van der Waals surface area contributed by atoms with Crippen molar-refractivity contribution in [2.75, 3.05) is 10.6 Å². The van der Waals surface area contributed by atoms with Gasteiger partial charge >= 0.3 is 0 Å². The summed E-state index contributed by atoms with van der Waals surface area (Å²) in [4.78, 5) is 0. The summed E-state index contributed by atoms with van der Waals surface area (Å²) in [5, 5.41) is 6.08. The van der Waals surface area contributed by atoms with Crippen molar-refractivity contribution in [1.29, 1.82) is 0 Å². The lowest BCUT2D eigenvalue weighted by Gasteiger charge is -2.13. The molecular formula is C15H14F2N2S. The fourth-order valence-electron chi connectivity index (χ4n) is 1.86. The smallest absolute Gasteiger partial charge is 0.175 e. The van der Waals surface area contributed by atoms with Crippen LogP contribution in [-0.2, 0) is 6.42 Å². The summed E-state index contributed by atoms with van der Waals surface area (Å²) in [6.07, 6.45) is 0.861. The van der Waals surface area contributed by atoms with Gasteiger partial charge in [-0.05, 0) is 42.4 Å². The average molecular weight is 292 g/mol. The summed E-state index contributed by atoms with van der Waals surface area (Å²) >= 11 is 5.14. The molecule has 2 aromatic rings. The van der Waals surface area contributed by atoms with Gasteiger partial charge in [0.1, 0.15) is 11.6 Å². The van der Waals surface area contributed by atoms with Gasteiger partial charge in [-0.2, -0.15) is 0 Å². The normalized spacial score (nSPS) is 10.2. The first-order valence-corrected chi connectivity index (χ1v) is 6.61. The molecule has 104 valence electrons. The molecular weight excluding hydrogens is 278 g/mol. The van der Waals surface area contributed by atoms with E-state index in [0.29, 0.717) is 0 Å². The number of rotatable bonds is 3. The van der Waals surface area contributed by atoms with Gasteiger partial charge in [0, 0.05) is 17.4 Å². The zero-order valence-corrected chi connectivity index (χ0v) is 11.7. The van der Waals surface area contributed by atoms with E-state index in [1.54, 1.807) is 0 Å². The first kappa shape index (κ1) is 14.4. The molecule has 0 saturated heterocycles. The topological polar surface area (TPSA) is 24.1 Å². The van der Waals surface area contributed by atoms with Crippen molar-refractivity contribution in [3.63, 3.8) is 0 Å². The van der Waals surface area contributed by atoms with Gasteiger partial charge in [0.15, 0.2) is 5.11 Å². The summed E-state index contributed by atoms with van der Waals surface area (Å²) in [6.45, 7) is 2.04. The number of nitrogens with one attached hydrogen (secondary N) is 2. The molecule has 0 aliphatic carbocycles. The molecule has 0 spiro atoms. The van der Waals surface area contributed by atoms with E-state index in [0.717, 1.165) is 23.7 Å². The molecule has 2 rings (SSSR count). The van der Waals surface area contributed by atoms with E-state index in [9.17, 15) is 8.78 Å². The van der Waals surface area contributed by atoms with E-state index in [1.165, 1.54) is 12.1 Å². The molecule has 0 aliphatic rings. The lowest BCUT2D eigenvalue weighted by atomic mass is 10.1. The highest BCUT2D eigenvalue weighted by Gasteiger charge is 2.05. The summed E-state index contributed by atoms with van der Waals surface area (Å²) < 4.78 is 26.2. The molecule has 0 unspecified atom stereocenters. The molecule has 2 nitrogen and oxygen atoms in total. The maximum absolute atomic E-state index is 13.1. The molecule has 0 bridgehead atoms. The number of para-hydroxylation sites is 1. The van der Waals surface area contributed by atoms with Crippen LogP contribution in [0.15, 0.2) is 42.5 Å². The Hall–Kier alpha value is -2.01. The van der Waals surface area contributed by atoms with E-state index in [-0.39, 0.29) is 10.8 Å². The van der Waals surface area contributed by atoms with Crippen molar-refractivity contribution < 1.29 is 8.78 Å². The largest absolute Gasteiger partial charge is 0.332 e. The van der Waals surface area contributed by atoms with Gasteiger partial charge in [-0.15, -0.1) is 0 Å². The zero-order valence-electron chi connectivity index (χ0n) is 10.9. The minimum atomic E-state index is -0.649. The third kappa shape index (κ3) is 3.74. The average Bonchev–Trinajstić information content (AvgIpc) is 2.37. The van der Waals surface area contributed by atoms with Crippen molar-refractivity contribution in [3.05, 3.63) is 59.7 Å². The second kappa shape index (κ2) is 6.43. The van der Waals surface area contributed by atoms with E-state index in [4.69, 9.17) is 12.2 Å². The Labute approximate surface area is 121 Å². The number of anilines is 2. The predicted octanol–water partition coefficient (Wildman–Crippen LogP) is 4.34. The first-order chi connectivity index (χ1) is 9.58. The van der Waals surface area contributed by atoms with Crippen molar-refractivity contribution in [2.45, 2.75) is 13.3 Å². The van der Waals surface area contributed by atoms with E-state index in [2.05, 4.69) is 10.6 Å². The van der Waals surface area contributed by atoms with Crippen LogP contribution in [0.4, 0.5) is 20.2 Å². The highest BCUT2D eigenvalue weighted by molar-refractivity contribution is 7.80. The van der Waals surface area contributed by atoms with Crippen molar-refractivity contribution in [1.82, 2.24) is 0 Å². The van der Waals surface area contributed by atoms with E-state index in [1.807, 2.05) is 31.2 Å². The van der Waals surface area contributed by atoms with Gasteiger partial charge in [-0.25, -0.2) is 8.78 Å². The van der Waals surface area contributed by atoms with Gasteiger partial charge in [-0.1, -0.05) is 25.1 Å². The highest BCUT2D eigenvalue weighted by atomic mass is 32.1. The number of hydrogen-bond donors (Lipinski definition) is 2. The number of thiocarbonyl (C=S) groups is 1. The number of halogens is 2. The minimum absolute atomic E-state index is 0.272. The monoisotopic (exact) mass is 292 g/mol. The zero-order chi connectivity index (χ0) is 14.5. The molecule has 0 aromatic heterocycles. The summed E-state index contributed by atoms with van der Waals surface area (Å²) in [6, 6.07) is 10.9. The van der Waals surface area contributed by atoms with Crippen molar-refractivity contribution in [3.8, 4) is 0 Å². The first-order valence-electron chi connectivity index (χ1n) is 6.20. The Bertz CT molecular complexity index is 609. The van der Waals surface area contributed by atoms with E-state index < -0.39 is 11.6 Å². The van der Waals surface area contributed by atoms with Crippen molar-refractivity contribution >= 4 is 28.7 Å². The standard InChI is InChI=1S/C15H14F2N2S/c1-2-10-5-3-4-6-14(10)19-15(20)18-13-8-11(16)7-12(17)9-13/h3-9H,2H2,1H3,(H2,18,19,20). The maximum Gasteiger partial charge on any atom is 0.175 e. The molecule has 0 amide bonds. The number of aryl methyl sites for hydroxylation is 1. The third-order valence-electron chi connectivity index (χ3n) is 2.77. The van der Waals surface area contributed by atoms with Crippen LogP contribution in [0.25, 0.3) is 0 Å². The highest BCUT2D eigenvalue weighted by Crippen LogP contribution is 2.17. The van der Waals surface area contributed by atoms with Crippen LogP contribution < -0.4 is 10.6 Å². The Morgan fingerprint density at radius 2 is 1.70 bits per heavy atom. The van der Waals surface area contributed by atoms with Crippen LogP contribution >= 0.6 is 12.2 Å². The Kier molecular flexibility index (Phi) is 4.63. The maximum atomic E-state index is 13.1. The summed E-state index contributed by atoms with van der Waals surface area (Å²) in [7, 11) is 0. The van der Waals surface area contributed by atoms with Crippen LogP contribution in [0.5, 0.6) is 0 Å². The van der Waals surface area contributed by atoms with Gasteiger partial charge in [0.2, 0.25) is 0 Å². The lowest BCUT2D eigenvalue weighted by Crippen LogP contribution is -2.20. The van der Waals surface area contributed by atoms with Crippen LogP contribution in [0.3, 0.4) is 0 Å². The predicted molar refractivity (Wildman–Crippen MR) is 82.0 cm³/mol. The Morgan fingerprint density at radius 1 is 1.05 bits per heavy atom. The molecule has 0 heterocycles. The van der Waals surface area contributed by atoms with Gasteiger partial charge in [0.25, 0.3) is 0 Å². The molecule has 0 atom stereocenters. The molecule has 20 heavy (non-hydrogen) atoms. The number of benzene rings is 2. The minimum Gasteiger partial charge on any atom is -0.332 e. The Balaban J connectivity index is 2.09. The third-order valence-corrected chi connectivity index (χ3v) is 2.97. The molecule has 0 aliphatic heterocycles. The molecule has 0 saturated carbocycles. The van der Waals surface area contributed by atoms with Crippen molar-refractivity contribution in [2.24, 2.45) is 0 Å². The summed E-state index contributed by atoms with van der Waals surface area (Å²) in [5.74, 6) is -1.30. The fourth-order valence-corrected chi connectivity index (χ4v) is 2.09. The SMILES string of the molecule is CCc1ccccc1NC(=S)Nc1cc(F)cc(F)c1. The van der Waals surface area contributed by atoms with Crippen LogP contribution in [0, 0.1) is 11.6 Å².